The lowest BCUT2D eigenvalue weighted by Crippen LogP contribution is -2.29. The monoisotopic (exact) mass is 226 g/mol. The molecular weight excluding hydrogens is 208 g/mol. The first kappa shape index (κ1) is 12.7. The number of carbonyl (C=O) groups is 2. The molecule has 1 rings (SSSR count). The largest absolute Gasteiger partial charge is 0.481 e. The Bertz CT molecular complexity index is 311. The molecule has 1 aliphatic rings. The van der Waals surface area contributed by atoms with Crippen molar-refractivity contribution in [2.45, 2.75) is 39.0 Å². The summed E-state index contributed by atoms with van der Waals surface area (Å²) < 4.78 is 4.64. The molecule has 0 unspecified atom stereocenters. The van der Waals surface area contributed by atoms with Gasteiger partial charge in [0, 0.05) is 5.57 Å². The van der Waals surface area contributed by atoms with Crippen molar-refractivity contribution in [3.05, 3.63) is 11.6 Å². The van der Waals surface area contributed by atoms with Crippen molar-refractivity contribution < 1.29 is 19.4 Å². The fourth-order valence-electron chi connectivity index (χ4n) is 2.31. The molecule has 0 aromatic rings. The summed E-state index contributed by atoms with van der Waals surface area (Å²) in [5.74, 6) is -1.22. The summed E-state index contributed by atoms with van der Waals surface area (Å²) in [6.07, 6.45) is 5.07. The predicted octanol–water partition coefficient (Wildman–Crippen LogP) is 2.14. The van der Waals surface area contributed by atoms with Gasteiger partial charge in [0.1, 0.15) is 0 Å². The van der Waals surface area contributed by atoms with E-state index in [9.17, 15) is 14.7 Å². The number of hydrogen-bond acceptors (Lipinski definition) is 3. The molecule has 0 bridgehead atoms. The van der Waals surface area contributed by atoms with E-state index in [4.69, 9.17) is 0 Å². The van der Waals surface area contributed by atoms with Crippen LogP contribution in [-0.2, 0) is 14.3 Å². The van der Waals surface area contributed by atoms with E-state index in [1.807, 2.05) is 0 Å². The second-order valence-electron chi connectivity index (χ2n) is 4.27. The van der Waals surface area contributed by atoms with E-state index in [1.165, 1.54) is 7.11 Å². The molecule has 0 saturated heterocycles. The van der Waals surface area contributed by atoms with Crippen molar-refractivity contribution in [3.63, 3.8) is 0 Å². The molecule has 0 atom stereocenters. The van der Waals surface area contributed by atoms with E-state index >= 15 is 0 Å². The summed E-state index contributed by atoms with van der Waals surface area (Å²) in [6, 6.07) is 0. The maximum Gasteiger partial charge on any atom is 0.333 e. The molecule has 0 radical (unpaired) electrons. The van der Waals surface area contributed by atoms with Crippen molar-refractivity contribution in [2.75, 3.05) is 7.11 Å². The highest BCUT2D eigenvalue weighted by molar-refractivity contribution is 5.89. The van der Waals surface area contributed by atoms with Crippen LogP contribution >= 0.6 is 0 Å². The van der Waals surface area contributed by atoms with Crippen LogP contribution in [0.4, 0.5) is 0 Å². The first-order chi connectivity index (χ1) is 7.55. The fourth-order valence-corrected chi connectivity index (χ4v) is 2.31. The van der Waals surface area contributed by atoms with Gasteiger partial charge in [-0.2, -0.15) is 0 Å². The summed E-state index contributed by atoms with van der Waals surface area (Å²) in [5.41, 5.74) is -0.289. The first-order valence-corrected chi connectivity index (χ1v) is 5.52. The highest BCUT2D eigenvalue weighted by atomic mass is 16.5. The normalized spacial score (nSPS) is 19.5. The molecule has 1 fully saturated rings. The average molecular weight is 226 g/mol. The third-order valence-corrected chi connectivity index (χ3v) is 3.34. The minimum atomic E-state index is -0.798. The maximum atomic E-state index is 11.4. The van der Waals surface area contributed by atoms with E-state index in [0.29, 0.717) is 18.4 Å². The van der Waals surface area contributed by atoms with Gasteiger partial charge in [-0.05, 0) is 26.2 Å². The number of carboxylic acid groups (broad SMARTS) is 1. The number of rotatable bonds is 4. The Morgan fingerprint density at radius 3 is 2.31 bits per heavy atom. The topological polar surface area (TPSA) is 63.6 Å². The number of carbonyl (C=O) groups excluding carboxylic acids is 1. The summed E-state index contributed by atoms with van der Waals surface area (Å²) in [4.78, 5) is 22.7. The number of esters is 1. The third-order valence-electron chi connectivity index (χ3n) is 3.34. The third kappa shape index (κ3) is 2.43. The van der Waals surface area contributed by atoms with Gasteiger partial charge in [-0.15, -0.1) is 0 Å². The van der Waals surface area contributed by atoms with Gasteiger partial charge in [-0.3, -0.25) is 4.79 Å². The standard InChI is InChI=1S/C12H18O4/c1-3-9(10(13)16-2)8-12(11(14)15)6-4-5-7-12/h3H,4-8H2,1-2H3,(H,14,15)/b9-3+. The average Bonchev–Trinajstić information content (AvgIpc) is 2.74. The number of methoxy groups -OCH3 is 1. The van der Waals surface area contributed by atoms with E-state index in [1.54, 1.807) is 13.0 Å². The second kappa shape index (κ2) is 5.14. The lowest BCUT2D eigenvalue weighted by Gasteiger charge is -2.24. The van der Waals surface area contributed by atoms with Crippen molar-refractivity contribution in [2.24, 2.45) is 5.41 Å². The lowest BCUT2D eigenvalue weighted by molar-refractivity contribution is -0.149. The van der Waals surface area contributed by atoms with E-state index in [2.05, 4.69) is 4.74 Å². The second-order valence-corrected chi connectivity index (χ2v) is 4.27. The zero-order valence-corrected chi connectivity index (χ0v) is 9.78. The molecule has 0 heterocycles. The van der Waals surface area contributed by atoms with Gasteiger partial charge in [0.2, 0.25) is 0 Å². The van der Waals surface area contributed by atoms with Crippen LogP contribution < -0.4 is 0 Å². The Kier molecular flexibility index (Phi) is 4.10. The van der Waals surface area contributed by atoms with Crippen LogP contribution in [0.25, 0.3) is 0 Å². The van der Waals surface area contributed by atoms with Crippen LogP contribution in [0.2, 0.25) is 0 Å². The van der Waals surface area contributed by atoms with Crippen molar-refractivity contribution >= 4 is 11.9 Å². The minimum absolute atomic E-state index is 0.283. The Morgan fingerprint density at radius 1 is 1.38 bits per heavy atom. The van der Waals surface area contributed by atoms with Crippen molar-refractivity contribution in [3.8, 4) is 0 Å². The zero-order valence-electron chi connectivity index (χ0n) is 9.78. The van der Waals surface area contributed by atoms with Crippen LogP contribution in [0.15, 0.2) is 11.6 Å². The molecular formula is C12H18O4. The first-order valence-electron chi connectivity index (χ1n) is 5.52. The Labute approximate surface area is 95.3 Å². The van der Waals surface area contributed by atoms with Crippen LogP contribution in [0.3, 0.4) is 0 Å². The van der Waals surface area contributed by atoms with Gasteiger partial charge in [-0.25, -0.2) is 4.79 Å². The van der Waals surface area contributed by atoms with Gasteiger partial charge in [0.25, 0.3) is 0 Å². The fraction of sp³-hybridized carbons (Fsp3) is 0.667. The highest BCUT2D eigenvalue weighted by Gasteiger charge is 2.42. The summed E-state index contributed by atoms with van der Waals surface area (Å²) in [6.45, 7) is 1.73. The number of aliphatic carboxylic acids is 1. The molecule has 0 aromatic heterocycles. The number of hydrogen-bond donors (Lipinski definition) is 1. The molecule has 16 heavy (non-hydrogen) atoms. The van der Waals surface area contributed by atoms with Crippen LogP contribution in [-0.4, -0.2) is 24.2 Å². The quantitative estimate of drug-likeness (QED) is 0.589. The Balaban J connectivity index is 2.83. The van der Waals surface area contributed by atoms with E-state index in [0.717, 1.165) is 12.8 Å². The summed E-state index contributed by atoms with van der Waals surface area (Å²) >= 11 is 0. The summed E-state index contributed by atoms with van der Waals surface area (Å²) in [5, 5.41) is 9.28. The molecule has 4 heteroatoms. The Morgan fingerprint density at radius 2 is 1.94 bits per heavy atom. The lowest BCUT2D eigenvalue weighted by atomic mass is 9.80. The number of allylic oxidation sites excluding steroid dienone is 1. The van der Waals surface area contributed by atoms with Gasteiger partial charge in [0.05, 0.1) is 12.5 Å². The molecule has 0 spiro atoms. The SMILES string of the molecule is C/C=C(\CC1(C(=O)O)CCCC1)C(=O)OC. The van der Waals surface area contributed by atoms with Crippen LogP contribution in [0.5, 0.6) is 0 Å². The summed E-state index contributed by atoms with van der Waals surface area (Å²) in [7, 11) is 1.31. The smallest absolute Gasteiger partial charge is 0.333 e. The molecule has 0 aliphatic heterocycles. The van der Waals surface area contributed by atoms with Crippen LogP contribution in [0.1, 0.15) is 39.0 Å². The minimum Gasteiger partial charge on any atom is -0.481 e. The van der Waals surface area contributed by atoms with Gasteiger partial charge in [-0.1, -0.05) is 18.9 Å². The highest BCUT2D eigenvalue weighted by Crippen LogP contribution is 2.43. The van der Waals surface area contributed by atoms with Crippen LogP contribution in [0, 0.1) is 5.41 Å². The predicted molar refractivity (Wildman–Crippen MR) is 58.9 cm³/mol. The molecule has 0 aromatic carbocycles. The molecule has 1 N–H and O–H groups in total. The number of carboxylic acids is 1. The van der Waals surface area contributed by atoms with Crippen molar-refractivity contribution in [1.82, 2.24) is 0 Å². The number of ether oxygens (including phenoxy) is 1. The van der Waals surface area contributed by atoms with E-state index < -0.39 is 17.4 Å². The molecule has 1 aliphatic carbocycles. The van der Waals surface area contributed by atoms with E-state index in [-0.39, 0.29) is 6.42 Å². The molecule has 1 saturated carbocycles. The zero-order chi connectivity index (χ0) is 12.2. The maximum absolute atomic E-state index is 11.4. The molecule has 90 valence electrons. The molecule has 4 nitrogen and oxygen atoms in total. The van der Waals surface area contributed by atoms with Gasteiger partial charge >= 0.3 is 11.9 Å². The molecule has 0 amide bonds. The van der Waals surface area contributed by atoms with Crippen molar-refractivity contribution in [1.29, 1.82) is 0 Å². The van der Waals surface area contributed by atoms with Gasteiger partial charge in [0.15, 0.2) is 0 Å². The Hall–Kier alpha value is -1.32. The van der Waals surface area contributed by atoms with Gasteiger partial charge < -0.3 is 9.84 Å².